The fourth-order valence-corrected chi connectivity index (χ4v) is 0.846. The SMILES string of the molecule is [c]1ccc(-c2cnno2)cc1. The number of benzene rings is 1. The quantitative estimate of drug-likeness (QED) is 0.610. The Bertz CT molecular complexity index is 315. The largest absolute Gasteiger partial charge is 0.337 e. The third-order valence-electron chi connectivity index (χ3n) is 1.36. The van der Waals surface area contributed by atoms with Crippen LogP contribution < -0.4 is 0 Å². The smallest absolute Gasteiger partial charge is 0.187 e. The Morgan fingerprint density at radius 2 is 2.09 bits per heavy atom. The maximum absolute atomic E-state index is 4.84. The summed E-state index contributed by atoms with van der Waals surface area (Å²) in [5.41, 5.74) is 0.966. The fourth-order valence-electron chi connectivity index (χ4n) is 0.846. The van der Waals surface area contributed by atoms with Gasteiger partial charge in [-0.3, -0.25) is 0 Å². The van der Waals surface area contributed by atoms with Crippen LogP contribution >= 0.6 is 0 Å². The Morgan fingerprint density at radius 1 is 1.27 bits per heavy atom. The highest BCUT2D eigenvalue weighted by Gasteiger charge is 1.98. The van der Waals surface area contributed by atoms with Crippen LogP contribution in [0, 0.1) is 6.07 Å². The molecule has 0 N–H and O–H groups in total. The molecule has 3 heteroatoms. The number of aromatic nitrogens is 2. The third kappa shape index (κ3) is 1.12. The molecule has 11 heavy (non-hydrogen) atoms. The van der Waals surface area contributed by atoms with Gasteiger partial charge < -0.3 is 4.52 Å². The zero-order chi connectivity index (χ0) is 7.52. The van der Waals surface area contributed by atoms with Gasteiger partial charge in [0.25, 0.3) is 0 Å². The van der Waals surface area contributed by atoms with E-state index in [0.29, 0.717) is 5.76 Å². The van der Waals surface area contributed by atoms with E-state index < -0.39 is 0 Å². The average Bonchev–Trinajstić information content (AvgIpc) is 2.58. The first kappa shape index (κ1) is 6.09. The van der Waals surface area contributed by atoms with E-state index in [-0.39, 0.29) is 0 Å². The van der Waals surface area contributed by atoms with E-state index in [0.717, 1.165) is 5.56 Å². The van der Waals surface area contributed by atoms with Gasteiger partial charge in [0.1, 0.15) is 0 Å². The molecule has 2 rings (SSSR count). The molecule has 1 aromatic carbocycles. The van der Waals surface area contributed by atoms with Crippen LogP contribution in [0.1, 0.15) is 0 Å². The monoisotopic (exact) mass is 145 g/mol. The topological polar surface area (TPSA) is 38.9 Å². The van der Waals surface area contributed by atoms with E-state index in [9.17, 15) is 0 Å². The second kappa shape index (κ2) is 2.54. The Morgan fingerprint density at radius 3 is 2.73 bits per heavy atom. The van der Waals surface area contributed by atoms with Crippen molar-refractivity contribution in [3.8, 4) is 11.3 Å². The number of rotatable bonds is 1. The molecule has 53 valence electrons. The second-order valence-electron chi connectivity index (χ2n) is 2.07. The summed E-state index contributed by atoms with van der Waals surface area (Å²) in [6, 6.07) is 10.3. The lowest BCUT2D eigenvalue weighted by Gasteiger charge is -1.89. The molecule has 2 aromatic rings. The summed E-state index contributed by atoms with van der Waals surface area (Å²) in [6.07, 6.45) is 1.58. The van der Waals surface area contributed by atoms with Gasteiger partial charge in [0.15, 0.2) is 5.76 Å². The molecule has 0 saturated carbocycles. The predicted octanol–water partition coefficient (Wildman–Crippen LogP) is 1.54. The predicted molar refractivity (Wildman–Crippen MR) is 38.6 cm³/mol. The van der Waals surface area contributed by atoms with Crippen LogP contribution in [0.2, 0.25) is 0 Å². The second-order valence-corrected chi connectivity index (χ2v) is 2.07. The van der Waals surface area contributed by atoms with Crippen LogP contribution in [0.15, 0.2) is 35.0 Å². The van der Waals surface area contributed by atoms with Crippen LogP contribution in [0.25, 0.3) is 11.3 Å². The van der Waals surface area contributed by atoms with Crippen molar-refractivity contribution in [1.29, 1.82) is 0 Å². The van der Waals surface area contributed by atoms with Gasteiger partial charge in [-0.2, -0.15) is 0 Å². The Balaban J connectivity index is 2.46. The van der Waals surface area contributed by atoms with Crippen molar-refractivity contribution >= 4 is 0 Å². The highest BCUT2D eigenvalue weighted by Crippen LogP contribution is 2.15. The third-order valence-corrected chi connectivity index (χ3v) is 1.36. The van der Waals surface area contributed by atoms with Gasteiger partial charge in [-0.05, 0) is 6.07 Å². The molecule has 0 bridgehead atoms. The zero-order valence-electron chi connectivity index (χ0n) is 5.69. The molecule has 0 aliphatic carbocycles. The van der Waals surface area contributed by atoms with Crippen molar-refractivity contribution in [3.05, 3.63) is 36.5 Å². The van der Waals surface area contributed by atoms with E-state index in [1.807, 2.05) is 24.3 Å². The van der Waals surface area contributed by atoms with E-state index in [2.05, 4.69) is 16.4 Å². The first-order chi connectivity index (χ1) is 5.47. The first-order valence-corrected chi connectivity index (χ1v) is 3.20. The number of hydrogen-bond acceptors (Lipinski definition) is 3. The Hall–Kier alpha value is -1.64. The molecule has 3 nitrogen and oxygen atoms in total. The van der Waals surface area contributed by atoms with E-state index in [4.69, 9.17) is 4.52 Å². The first-order valence-electron chi connectivity index (χ1n) is 3.20. The standard InChI is InChI=1S/C8H5N2O/c1-2-4-7(5-3-1)8-6-9-10-11-8/h2-6H. The maximum Gasteiger partial charge on any atom is 0.187 e. The molecule has 0 atom stereocenters. The lowest BCUT2D eigenvalue weighted by Crippen LogP contribution is -1.70. The molecule has 0 spiro atoms. The number of nitrogens with zero attached hydrogens (tertiary/aromatic N) is 2. The van der Waals surface area contributed by atoms with E-state index in [1.165, 1.54) is 0 Å². The Labute approximate surface area is 63.6 Å². The lowest BCUT2D eigenvalue weighted by molar-refractivity contribution is 0.403. The van der Waals surface area contributed by atoms with Gasteiger partial charge in [0, 0.05) is 10.8 Å². The highest BCUT2D eigenvalue weighted by molar-refractivity contribution is 5.54. The van der Waals surface area contributed by atoms with Crippen LogP contribution in [-0.4, -0.2) is 10.4 Å². The van der Waals surface area contributed by atoms with E-state index in [1.54, 1.807) is 6.20 Å². The molecule has 0 aliphatic heterocycles. The molecular weight excluding hydrogens is 140 g/mol. The van der Waals surface area contributed by atoms with Crippen molar-refractivity contribution < 1.29 is 4.52 Å². The summed E-state index contributed by atoms with van der Waals surface area (Å²) in [5, 5.41) is 6.94. The summed E-state index contributed by atoms with van der Waals surface area (Å²) < 4.78 is 4.84. The summed E-state index contributed by atoms with van der Waals surface area (Å²) in [5.74, 6) is 0.680. The number of hydrogen-bond donors (Lipinski definition) is 0. The molecule has 1 heterocycles. The average molecular weight is 145 g/mol. The van der Waals surface area contributed by atoms with Crippen molar-refractivity contribution in [2.24, 2.45) is 0 Å². The molecule has 0 amide bonds. The van der Waals surface area contributed by atoms with Gasteiger partial charge in [-0.25, -0.2) is 0 Å². The summed E-state index contributed by atoms with van der Waals surface area (Å²) in [6.45, 7) is 0. The van der Waals surface area contributed by atoms with Crippen LogP contribution in [-0.2, 0) is 0 Å². The van der Waals surface area contributed by atoms with E-state index >= 15 is 0 Å². The van der Waals surface area contributed by atoms with Crippen molar-refractivity contribution in [3.63, 3.8) is 0 Å². The molecule has 0 saturated heterocycles. The van der Waals surface area contributed by atoms with Gasteiger partial charge in [-0.15, -0.1) is 5.10 Å². The van der Waals surface area contributed by atoms with Crippen molar-refractivity contribution in [2.75, 3.05) is 0 Å². The van der Waals surface area contributed by atoms with Gasteiger partial charge >= 0.3 is 0 Å². The molecule has 0 fully saturated rings. The molecule has 1 radical (unpaired) electrons. The molecule has 1 aromatic heterocycles. The van der Waals surface area contributed by atoms with Crippen LogP contribution in [0.5, 0.6) is 0 Å². The molecule has 0 aliphatic rings. The fraction of sp³-hybridized carbons (Fsp3) is 0. The molecular formula is C8H5N2O. The normalized spacial score (nSPS) is 9.82. The molecule has 0 unspecified atom stereocenters. The summed E-state index contributed by atoms with van der Waals surface area (Å²) >= 11 is 0. The van der Waals surface area contributed by atoms with Gasteiger partial charge in [0.2, 0.25) is 0 Å². The summed E-state index contributed by atoms with van der Waals surface area (Å²) in [7, 11) is 0. The highest BCUT2D eigenvalue weighted by atomic mass is 16.5. The zero-order valence-corrected chi connectivity index (χ0v) is 5.69. The maximum atomic E-state index is 4.84. The van der Waals surface area contributed by atoms with Gasteiger partial charge in [-0.1, -0.05) is 24.3 Å². The van der Waals surface area contributed by atoms with Crippen molar-refractivity contribution in [2.45, 2.75) is 0 Å². The minimum atomic E-state index is 0.680. The lowest BCUT2D eigenvalue weighted by atomic mass is 10.2. The minimum Gasteiger partial charge on any atom is -0.337 e. The van der Waals surface area contributed by atoms with Gasteiger partial charge in [0.05, 0.1) is 6.20 Å². The minimum absolute atomic E-state index is 0.680. The summed E-state index contributed by atoms with van der Waals surface area (Å²) in [4.78, 5) is 0. The van der Waals surface area contributed by atoms with Crippen LogP contribution in [0.3, 0.4) is 0 Å². The Kier molecular flexibility index (Phi) is 1.41. The van der Waals surface area contributed by atoms with Crippen molar-refractivity contribution in [1.82, 2.24) is 10.4 Å². The van der Waals surface area contributed by atoms with Crippen LogP contribution in [0.4, 0.5) is 0 Å².